The summed E-state index contributed by atoms with van der Waals surface area (Å²) in [7, 11) is 0. The van der Waals surface area contributed by atoms with Crippen LogP contribution in [0.1, 0.15) is 29.9 Å². The van der Waals surface area contributed by atoms with Gasteiger partial charge in [0.1, 0.15) is 11.6 Å². The van der Waals surface area contributed by atoms with Gasteiger partial charge in [-0.15, -0.1) is 0 Å². The number of benzene rings is 1. The van der Waals surface area contributed by atoms with Crippen molar-refractivity contribution in [2.75, 3.05) is 0 Å². The van der Waals surface area contributed by atoms with E-state index >= 15 is 0 Å². The smallest absolute Gasteiger partial charge is 0.145 e. The third kappa shape index (κ3) is 3.32. The number of aromatic nitrogens is 2. The highest BCUT2D eigenvalue weighted by Gasteiger charge is 2.20. The molecule has 0 bridgehead atoms. The Labute approximate surface area is 122 Å². The van der Waals surface area contributed by atoms with Gasteiger partial charge >= 0.3 is 0 Å². The lowest BCUT2D eigenvalue weighted by atomic mass is 10.1. The molecule has 1 aromatic heterocycles. The van der Waals surface area contributed by atoms with Crippen LogP contribution in [0.4, 0.5) is 4.39 Å². The monoisotopic (exact) mass is 291 g/mol. The largest absolute Gasteiger partial charge is 0.308 e. The molecule has 20 heavy (non-hydrogen) atoms. The summed E-state index contributed by atoms with van der Waals surface area (Å²) in [5.74, 6) is 0.223. The van der Waals surface area contributed by atoms with Crippen molar-refractivity contribution in [3.05, 3.63) is 58.4 Å². The summed E-state index contributed by atoms with van der Waals surface area (Å²) in [5, 5.41) is 3.53. The molecule has 1 aromatic carbocycles. The molecule has 0 radical (unpaired) electrons. The maximum Gasteiger partial charge on any atom is 0.145 e. The Morgan fingerprint density at radius 3 is 2.95 bits per heavy atom. The average molecular weight is 292 g/mol. The molecule has 1 saturated carbocycles. The number of nitrogens with one attached hydrogen (secondary N) is 1. The second-order valence-corrected chi connectivity index (χ2v) is 5.42. The van der Waals surface area contributed by atoms with Crippen LogP contribution in [0, 0.1) is 5.82 Å². The summed E-state index contributed by atoms with van der Waals surface area (Å²) in [6.07, 6.45) is 4.55. The van der Waals surface area contributed by atoms with Crippen molar-refractivity contribution in [3.63, 3.8) is 0 Å². The highest BCUT2D eigenvalue weighted by molar-refractivity contribution is 6.30. The summed E-state index contributed by atoms with van der Waals surface area (Å²) in [6.45, 7) is 0.734. The Bertz CT molecular complexity index is 614. The summed E-state index contributed by atoms with van der Waals surface area (Å²) < 4.78 is 13.9. The maximum absolute atomic E-state index is 13.9. The van der Waals surface area contributed by atoms with Gasteiger partial charge in [-0.1, -0.05) is 23.7 Å². The highest BCUT2D eigenvalue weighted by atomic mass is 35.5. The van der Waals surface area contributed by atoms with Gasteiger partial charge in [0.25, 0.3) is 0 Å². The molecule has 0 atom stereocenters. The third-order valence-corrected chi connectivity index (χ3v) is 3.58. The molecular weight excluding hydrogens is 277 g/mol. The number of nitrogens with zero attached hydrogens (tertiary/aromatic N) is 2. The topological polar surface area (TPSA) is 37.8 Å². The van der Waals surface area contributed by atoms with Gasteiger partial charge in [0.2, 0.25) is 0 Å². The fraction of sp³-hybridized carbons (Fsp3) is 0.333. The van der Waals surface area contributed by atoms with Gasteiger partial charge in [-0.25, -0.2) is 14.4 Å². The van der Waals surface area contributed by atoms with E-state index in [4.69, 9.17) is 11.6 Å². The summed E-state index contributed by atoms with van der Waals surface area (Å²) >= 11 is 5.78. The Hall–Kier alpha value is -1.52. The second-order valence-electron chi connectivity index (χ2n) is 5.01. The molecule has 3 nitrogen and oxygen atoms in total. The van der Waals surface area contributed by atoms with Gasteiger partial charge in [-0.3, -0.25) is 0 Å². The second kappa shape index (κ2) is 5.85. The van der Waals surface area contributed by atoms with E-state index in [9.17, 15) is 4.39 Å². The molecule has 5 heteroatoms. The molecule has 0 unspecified atom stereocenters. The Balaban J connectivity index is 1.72. The van der Waals surface area contributed by atoms with Gasteiger partial charge in [-0.2, -0.15) is 0 Å². The minimum absolute atomic E-state index is 0.133. The summed E-state index contributed by atoms with van der Waals surface area (Å²) in [6, 6.07) is 7.50. The zero-order chi connectivity index (χ0) is 13.9. The van der Waals surface area contributed by atoms with Crippen LogP contribution < -0.4 is 5.32 Å². The van der Waals surface area contributed by atoms with E-state index in [0.29, 0.717) is 23.9 Å². The van der Waals surface area contributed by atoms with Gasteiger partial charge in [0, 0.05) is 25.2 Å². The van der Waals surface area contributed by atoms with Crippen molar-refractivity contribution in [1.82, 2.24) is 15.3 Å². The molecule has 104 valence electrons. The minimum atomic E-state index is -0.390. The van der Waals surface area contributed by atoms with Crippen molar-refractivity contribution in [1.29, 1.82) is 0 Å². The van der Waals surface area contributed by atoms with E-state index < -0.39 is 0 Å². The van der Waals surface area contributed by atoms with E-state index in [-0.39, 0.29) is 10.8 Å². The lowest BCUT2D eigenvalue weighted by Gasteiger charge is -2.06. The zero-order valence-electron chi connectivity index (χ0n) is 10.9. The Morgan fingerprint density at radius 1 is 1.30 bits per heavy atom. The quantitative estimate of drug-likeness (QED) is 0.920. The van der Waals surface area contributed by atoms with Gasteiger partial charge in [0.15, 0.2) is 0 Å². The SMILES string of the molecule is Fc1c(Cl)cccc1Cc1nccc(CNC2CC2)n1. The van der Waals surface area contributed by atoms with E-state index in [2.05, 4.69) is 15.3 Å². The Morgan fingerprint density at radius 2 is 2.15 bits per heavy atom. The number of hydrogen-bond donors (Lipinski definition) is 1. The van der Waals surface area contributed by atoms with Gasteiger partial charge in [0.05, 0.1) is 10.7 Å². The van der Waals surface area contributed by atoms with Gasteiger partial charge in [-0.05, 0) is 30.5 Å². The molecule has 0 aliphatic heterocycles. The molecule has 0 spiro atoms. The number of rotatable bonds is 5. The van der Waals surface area contributed by atoms with Crippen LogP contribution in [0.5, 0.6) is 0 Å². The third-order valence-electron chi connectivity index (χ3n) is 3.29. The predicted octanol–water partition coefficient (Wildman–Crippen LogP) is 3.11. The van der Waals surface area contributed by atoms with Crippen LogP contribution >= 0.6 is 11.6 Å². The molecule has 1 aliphatic carbocycles. The van der Waals surface area contributed by atoms with E-state index in [1.165, 1.54) is 18.9 Å². The number of halogens is 2. The van der Waals surface area contributed by atoms with Crippen LogP contribution in [0.2, 0.25) is 5.02 Å². The lowest BCUT2D eigenvalue weighted by Crippen LogP contribution is -2.17. The summed E-state index contributed by atoms with van der Waals surface area (Å²) in [4.78, 5) is 8.65. The van der Waals surface area contributed by atoms with Crippen LogP contribution in [0.15, 0.2) is 30.5 Å². The average Bonchev–Trinajstić information content (AvgIpc) is 3.26. The van der Waals surface area contributed by atoms with Crippen molar-refractivity contribution in [3.8, 4) is 0 Å². The van der Waals surface area contributed by atoms with E-state index in [1.54, 1.807) is 18.3 Å². The van der Waals surface area contributed by atoms with Crippen LogP contribution in [0.25, 0.3) is 0 Å². The first-order valence-corrected chi connectivity index (χ1v) is 7.07. The summed E-state index contributed by atoms with van der Waals surface area (Å²) in [5.41, 5.74) is 1.45. The number of hydrogen-bond acceptors (Lipinski definition) is 3. The van der Waals surface area contributed by atoms with Gasteiger partial charge < -0.3 is 5.32 Å². The molecule has 2 aromatic rings. The van der Waals surface area contributed by atoms with E-state index in [0.717, 1.165) is 12.2 Å². The first-order chi connectivity index (χ1) is 9.72. The van der Waals surface area contributed by atoms with E-state index in [1.807, 2.05) is 6.07 Å². The fourth-order valence-corrected chi connectivity index (χ4v) is 2.21. The van der Waals surface area contributed by atoms with Crippen molar-refractivity contribution in [2.24, 2.45) is 0 Å². The molecule has 1 aliphatic rings. The van der Waals surface area contributed by atoms with Crippen LogP contribution in [0.3, 0.4) is 0 Å². The maximum atomic E-state index is 13.9. The standard InChI is InChI=1S/C15H15ClFN3/c16-13-3-1-2-10(15(13)17)8-14-18-7-6-12(20-14)9-19-11-4-5-11/h1-3,6-7,11,19H,4-5,8-9H2. The molecule has 0 saturated heterocycles. The van der Waals surface area contributed by atoms with Crippen LogP contribution in [-0.4, -0.2) is 16.0 Å². The van der Waals surface area contributed by atoms with Crippen molar-refractivity contribution >= 4 is 11.6 Å². The molecule has 3 rings (SSSR count). The molecule has 1 heterocycles. The molecule has 1 fully saturated rings. The van der Waals surface area contributed by atoms with Crippen molar-refractivity contribution < 1.29 is 4.39 Å². The normalized spacial score (nSPS) is 14.5. The Kier molecular flexibility index (Phi) is 3.94. The molecule has 0 amide bonds. The molecule has 1 N–H and O–H groups in total. The fourth-order valence-electron chi connectivity index (χ4n) is 2.02. The van der Waals surface area contributed by atoms with Crippen molar-refractivity contribution in [2.45, 2.75) is 31.8 Å². The predicted molar refractivity (Wildman–Crippen MR) is 76.1 cm³/mol. The minimum Gasteiger partial charge on any atom is -0.308 e. The first kappa shape index (κ1) is 13.5. The highest BCUT2D eigenvalue weighted by Crippen LogP contribution is 2.20. The molecular formula is C15H15ClFN3. The lowest BCUT2D eigenvalue weighted by molar-refractivity contribution is 0.611. The van der Waals surface area contributed by atoms with Crippen LogP contribution in [-0.2, 0) is 13.0 Å². The first-order valence-electron chi connectivity index (χ1n) is 6.69. The zero-order valence-corrected chi connectivity index (χ0v) is 11.7.